The standard InChI is InChI=1S/C18H29NO3/c1-2-3-12-15-18(19(21)22)16-13-10-8-6-4-5-7-9-11-14-17-20/h3,8,10,12,16-17H,2,4-7,9,11,13-15H2,1H3/b10-8-,12-3-,18-16+. The molecule has 0 fully saturated rings. The Morgan fingerprint density at radius 3 is 2.27 bits per heavy atom. The fraction of sp³-hybridized carbons (Fsp3) is 0.611. The van der Waals surface area contributed by atoms with E-state index in [1.54, 1.807) is 6.08 Å². The number of aldehydes is 1. The lowest BCUT2D eigenvalue weighted by molar-refractivity contribution is -0.427. The zero-order valence-corrected chi connectivity index (χ0v) is 13.7. The average Bonchev–Trinajstić information content (AvgIpc) is 2.50. The molecule has 124 valence electrons. The van der Waals surface area contributed by atoms with Gasteiger partial charge in [0, 0.05) is 6.42 Å². The highest BCUT2D eigenvalue weighted by Gasteiger charge is 2.06. The minimum atomic E-state index is -0.298. The third kappa shape index (κ3) is 13.3. The summed E-state index contributed by atoms with van der Waals surface area (Å²) in [6.45, 7) is 2.01. The second-order valence-electron chi connectivity index (χ2n) is 5.26. The lowest BCUT2D eigenvalue weighted by Gasteiger charge is -1.97. The number of rotatable bonds is 14. The van der Waals surface area contributed by atoms with Crippen molar-refractivity contribution in [1.29, 1.82) is 0 Å². The monoisotopic (exact) mass is 307 g/mol. The summed E-state index contributed by atoms with van der Waals surface area (Å²) < 4.78 is 0. The van der Waals surface area contributed by atoms with Crippen LogP contribution in [-0.4, -0.2) is 11.2 Å². The Bertz CT molecular complexity index is 384. The molecule has 0 atom stereocenters. The molecular weight excluding hydrogens is 278 g/mol. The van der Waals surface area contributed by atoms with Crippen molar-refractivity contribution in [3.05, 3.63) is 46.2 Å². The predicted molar refractivity (Wildman–Crippen MR) is 91.3 cm³/mol. The van der Waals surface area contributed by atoms with Crippen molar-refractivity contribution >= 4 is 6.29 Å². The zero-order chi connectivity index (χ0) is 16.5. The summed E-state index contributed by atoms with van der Waals surface area (Å²) in [5.41, 5.74) is 0.268. The van der Waals surface area contributed by atoms with Gasteiger partial charge < -0.3 is 4.79 Å². The summed E-state index contributed by atoms with van der Waals surface area (Å²) in [7, 11) is 0. The lowest BCUT2D eigenvalue weighted by Crippen LogP contribution is -1.97. The van der Waals surface area contributed by atoms with Crippen LogP contribution in [0.3, 0.4) is 0 Å². The molecule has 0 radical (unpaired) electrons. The second-order valence-corrected chi connectivity index (χ2v) is 5.26. The minimum absolute atomic E-state index is 0.268. The second kappa shape index (κ2) is 15.7. The third-order valence-corrected chi connectivity index (χ3v) is 3.31. The first-order chi connectivity index (χ1) is 10.7. The summed E-state index contributed by atoms with van der Waals surface area (Å²) in [6.07, 6.45) is 19.8. The van der Waals surface area contributed by atoms with Crippen molar-refractivity contribution in [2.45, 2.75) is 71.1 Å². The van der Waals surface area contributed by atoms with Gasteiger partial charge in [-0.05, 0) is 38.2 Å². The van der Waals surface area contributed by atoms with E-state index in [1.165, 1.54) is 12.8 Å². The molecule has 0 amide bonds. The first-order valence-corrected chi connectivity index (χ1v) is 8.29. The van der Waals surface area contributed by atoms with Gasteiger partial charge in [0.1, 0.15) is 6.29 Å². The summed E-state index contributed by atoms with van der Waals surface area (Å²) in [4.78, 5) is 20.7. The summed E-state index contributed by atoms with van der Waals surface area (Å²) in [6, 6.07) is 0. The quantitative estimate of drug-likeness (QED) is 0.142. The van der Waals surface area contributed by atoms with Crippen LogP contribution in [0.5, 0.6) is 0 Å². The van der Waals surface area contributed by atoms with E-state index in [9.17, 15) is 14.9 Å². The Hall–Kier alpha value is -1.71. The molecule has 0 N–H and O–H groups in total. The van der Waals surface area contributed by atoms with Gasteiger partial charge in [-0.1, -0.05) is 50.5 Å². The average molecular weight is 307 g/mol. The molecule has 0 bridgehead atoms. The molecule has 0 aromatic rings. The van der Waals surface area contributed by atoms with E-state index in [0.29, 0.717) is 19.3 Å². The molecule has 4 nitrogen and oxygen atoms in total. The zero-order valence-electron chi connectivity index (χ0n) is 13.7. The van der Waals surface area contributed by atoms with E-state index in [4.69, 9.17) is 0 Å². The number of unbranched alkanes of at least 4 members (excludes halogenated alkanes) is 6. The Balaban J connectivity index is 3.76. The number of allylic oxidation sites excluding steroid dienone is 5. The van der Waals surface area contributed by atoms with Gasteiger partial charge in [-0.3, -0.25) is 10.1 Å². The van der Waals surface area contributed by atoms with Gasteiger partial charge in [-0.2, -0.15) is 0 Å². The molecule has 0 saturated heterocycles. The maximum Gasteiger partial charge on any atom is 0.246 e. The highest BCUT2D eigenvalue weighted by atomic mass is 16.6. The van der Waals surface area contributed by atoms with Crippen LogP contribution in [-0.2, 0) is 4.79 Å². The van der Waals surface area contributed by atoms with Crippen LogP contribution in [0.25, 0.3) is 0 Å². The van der Waals surface area contributed by atoms with Crippen LogP contribution in [0.15, 0.2) is 36.1 Å². The van der Waals surface area contributed by atoms with Crippen molar-refractivity contribution in [3.8, 4) is 0 Å². The first kappa shape index (κ1) is 20.3. The fourth-order valence-electron chi connectivity index (χ4n) is 2.04. The molecule has 4 heteroatoms. The van der Waals surface area contributed by atoms with Crippen LogP contribution < -0.4 is 0 Å². The molecular formula is C18H29NO3. The van der Waals surface area contributed by atoms with Crippen molar-refractivity contribution in [1.82, 2.24) is 0 Å². The van der Waals surface area contributed by atoms with Gasteiger partial charge in [0.25, 0.3) is 0 Å². The Labute approximate surface area is 134 Å². The number of carbonyl (C=O) groups excluding carboxylic acids is 1. The highest BCUT2D eigenvalue weighted by Crippen LogP contribution is 2.08. The number of hydrogen-bond acceptors (Lipinski definition) is 3. The van der Waals surface area contributed by atoms with Crippen LogP contribution in [0.1, 0.15) is 71.1 Å². The van der Waals surface area contributed by atoms with Crippen LogP contribution in [0.4, 0.5) is 0 Å². The minimum Gasteiger partial charge on any atom is -0.303 e. The number of nitro groups is 1. The van der Waals surface area contributed by atoms with E-state index >= 15 is 0 Å². The van der Waals surface area contributed by atoms with Crippen LogP contribution >= 0.6 is 0 Å². The van der Waals surface area contributed by atoms with Gasteiger partial charge in [0.15, 0.2) is 0 Å². The molecule has 0 rings (SSSR count). The maximum atomic E-state index is 10.9. The Morgan fingerprint density at radius 1 is 0.955 bits per heavy atom. The first-order valence-electron chi connectivity index (χ1n) is 8.29. The molecule has 0 aromatic carbocycles. The SMILES string of the molecule is CC/C=C\C/C(=C\C/C=C\CCCCCCCC=O)[N+](=O)[O-]. The maximum absolute atomic E-state index is 10.9. The molecule has 0 aliphatic carbocycles. The summed E-state index contributed by atoms with van der Waals surface area (Å²) >= 11 is 0. The third-order valence-electron chi connectivity index (χ3n) is 3.31. The summed E-state index contributed by atoms with van der Waals surface area (Å²) in [5.74, 6) is 0. The van der Waals surface area contributed by atoms with Crippen molar-refractivity contribution in [3.63, 3.8) is 0 Å². The molecule has 0 aliphatic rings. The fourth-order valence-corrected chi connectivity index (χ4v) is 2.04. The van der Waals surface area contributed by atoms with E-state index in [-0.39, 0.29) is 10.6 Å². The van der Waals surface area contributed by atoms with Crippen LogP contribution in [0, 0.1) is 10.1 Å². The topological polar surface area (TPSA) is 60.2 Å². The van der Waals surface area contributed by atoms with Gasteiger partial charge in [0.05, 0.1) is 11.3 Å². The Morgan fingerprint density at radius 2 is 1.64 bits per heavy atom. The van der Waals surface area contributed by atoms with Gasteiger partial charge in [-0.25, -0.2) is 0 Å². The van der Waals surface area contributed by atoms with E-state index in [1.807, 2.05) is 25.2 Å². The molecule has 0 saturated carbocycles. The molecule has 22 heavy (non-hydrogen) atoms. The molecule has 0 aliphatic heterocycles. The lowest BCUT2D eigenvalue weighted by atomic mass is 10.1. The predicted octanol–water partition coefficient (Wildman–Crippen LogP) is 5.38. The van der Waals surface area contributed by atoms with Gasteiger partial charge >= 0.3 is 0 Å². The van der Waals surface area contributed by atoms with Crippen LogP contribution in [0.2, 0.25) is 0 Å². The largest absolute Gasteiger partial charge is 0.303 e. The highest BCUT2D eigenvalue weighted by molar-refractivity contribution is 5.48. The molecule has 0 heterocycles. The van der Waals surface area contributed by atoms with Crippen molar-refractivity contribution < 1.29 is 9.72 Å². The van der Waals surface area contributed by atoms with Crippen molar-refractivity contribution in [2.24, 2.45) is 0 Å². The Kier molecular flexibility index (Phi) is 14.5. The number of hydrogen-bond donors (Lipinski definition) is 0. The van der Waals surface area contributed by atoms with E-state index in [0.717, 1.165) is 38.4 Å². The molecule has 0 spiro atoms. The van der Waals surface area contributed by atoms with Crippen molar-refractivity contribution in [2.75, 3.05) is 0 Å². The normalized spacial score (nSPS) is 12.3. The van der Waals surface area contributed by atoms with E-state index in [2.05, 4.69) is 6.08 Å². The number of nitrogens with zero attached hydrogens (tertiary/aromatic N) is 1. The smallest absolute Gasteiger partial charge is 0.246 e. The number of carbonyl (C=O) groups is 1. The van der Waals surface area contributed by atoms with E-state index < -0.39 is 0 Å². The molecule has 0 aromatic heterocycles. The molecule has 0 unspecified atom stereocenters. The van der Waals surface area contributed by atoms with Gasteiger partial charge in [-0.15, -0.1) is 0 Å². The van der Waals surface area contributed by atoms with Gasteiger partial charge in [0.2, 0.25) is 5.70 Å². The summed E-state index contributed by atoms with van der Waals surface area (Å²) in [5, 5.41) is 10.9.